The van der Waals surface area contributed by atoms with Crippen molar-refractivity contribution in [3.63, 3.8) is 0 Å². The second-order valence-electron chi connectivity index (χ2n) is 4.72. The van der Waals surface area contributed by atoms with Crippen LogP contribution in [-0.2, 0) is 0 Å². The maximum Gasteiger partial charge on any atom is 0.251 e. The first kappa shape index (κ1) is 15.2. The Balaban J connectivity index is 2.01. The van der Waals surface area contributed by atoms with Gasteiger partial charge in [0.15, 0.2) is 0 Å². The minimum absolute atomic E-state index is 0.117. The van der Waals surface area contributed by atoms with E-state index < -0.39 is 0 Å². The number of nitrogens with one attached hydrogen (secondary N) is 1. The van der Waals surface area contributed by atoms with Gasteiger partial charge in [0.2, 0.25) is 0 Å². The molecule has 106 valence electrons. The number of halogens is 1. The Morgan fingerprint density at radius 1 is 1.55 bits per heavy atom. The standard InChI is InChI=1S/C15H16ClNO2S/c1-20-15(6-7-15)10-17-14(19)12-5-4-11(3-2-8-18)13(16)9-12/h4-5,9,18H,6-8,10H2,1H3,(H,17,19). The molecule has 1 aromatic rings. The second kappa shape index (κ2) is 6.53. The molecule has 0 radical (unpaired) electrons. The van der Waals surface area contributed by atoms with Crippen LogP contribution in [0.25, 0.3) is 0 Å². The van der Waals surface area contributed by atoms with Crippen LogP contribution in [0.1, 0.15) is 28.8 Å². The number of hydrogen-bond donors (Lipinski definition) is 2. The highest BCUT2D eigenvalue weighted by molar-refractivity contribution is 8.00. The first-order valence-corrected chi connectivity index (χ1v) is 7.93. The molecule has 1 aliphatic rings. The summed E-state index contributed by atoms with van der Waals surface area (Å²) in [6.07, 6.45) is 4.39. The molecule has 1 aliphatic carbocycles. The lowest BCUT2D eigenvalue weighted by Gasteiger charge is -2.13. The predicted octanol–water partition coefficient (Wildman–Crippen LogP) is 2.31. The summed E-state index contributed by atoms with van der Waals surface area (Å²) >= 11 is 7.88. The van der Waals surface area contributed by atoms with Gasteiger partial charge in [0.05, 0.1) is 5.02 Å². The molecule has 1 amide bonds. The van der Waals surface area contributed by atoms with Crippen LogP contribution in [-0.4, -0.2) is 35.2 Å². The van der Waals surface area contributed by atoms with Gasteiger partial charge in [-0.2, -0.15) is 11.8 Å². The third kappa shape index (κ3) is 3.69. The number of aliphatic hydroxyl groups is 1. The lowest BCUT2D eigenvalue weighted by atomic mass is 10.1. The minimum Gasteiger partial charge on any atom is -0.384 e. The smallest absolute Gasteiger partial charge is 0.251 e. The highest BCUT2D eigenvalue weighted by Gasteiger charge is 2.41. The van der Waals surface area contributed by atoms with E-state index in [4.69, 9.17) is 16.7 Å². The van der Waals surface area contributed by atoms with Gasteiger partial charge in [0.1, 0.15) is 6.61 Å². The highest BCUT2D eigenvalue weighted by atomic mass is 35.5. The van der Waals surface area contributed by atoms with Gasteiger partial charge in [-0.05, 0) is 37.3 Å². The number of amides is 1. The highest BCUT2D eigenvalue weighted by Crippen LogP contribution is 2.46. The summed E-state index contributed by atoms with van der Waals surface area (Å²) in [5.74, 6) is 5.15. The van der Waals surface area contributed by atoms with Gasteiger partial charge in [-0.25, -0.2) is 0 Å². The van der Waals surface area contributed by atoms with Crippen LogP contribution in [0.3, 0.4) is 0 Å². The molecule has 0 aromatic heterocycles. The van der Waals surface area contributed by atoms with E-state index in [0.29, 0.717) is 22.7 Å². The zero-order chi connectivity index (χ0) is 14.6. The number of carbonyl (C=O) groups is 1. The molecule has 2 N–H and O–H groups in total. The Bertz CT molecular complexity index is 573. The maximum absolute atomic E-state index is 12.1. The van der Waals surface area contributed by atoms with Crippen LogP contribution in [0.2, 0.25) is 5.02 Å². The van der Waals surface area contributed by atoms with E-state index in [0.717, 1.165) is 12.8 Å². The zero-order valence-electron chi connectivity index (χ0n) is 11.2. The molecule has 0 spiro atoms. The third-order valence-corrected chi connectivity index (χ3v) is 5.08. The lowest BCUT2D eigenvalue weighted by Crippen LogP contribution is -2.31. The van der Waals surface area contributed by atoms with E-state index >= 15 is 0 Å². The fraction of sp³-hybridized carbons (Fsp3) is 0.400. The fourth-order valence-electron chi connectivity index (χ4n) is 1.83. The molecule has 0 saturated heterocycles. The van der Waals surface area contributed by atoms with Crippen molar-refractivity contribution in [3.8, 4) is 11.8 Å². The topological polar surface area (TPSA) is 49.3 Å². The summed E-state index contributed by atoms with van der Waals surface area (Å²) in [4.78, 5) is 12.1. The molecule has 0 heterocycles. The van der Waals surface area contributed by atoms with Crippen LogP contribution in [0.15, 0.2) is 18.2 Å². The summed E-state index contributed by atoms with van der Waals surface area (Å²) in [7, 11) is 0. The van der Waals surface area contributed by atoms with Crippen molar-refractivity contribution in [2.75, 3.05) is 19.4 Å². The van der Waals surface area contributed by atoms with E-state index in [2.05, 4.69) is 23.4 Å². The Morgan fingerprint density at radius 3 is 2.85 bits per heavy atom. The second-order valence-corrected chi connectivity index (χ2v) is 6.41. The van der Waals surface area contributed by atoms with Crippen LogP contribution in [0, 0.1) is 11.8 Å². The van der Waals surface area contributed by atoms with Crippen LogP contribution in [0.4, 0.5) is 0 Å². The van der Waals surface area contributed by atoms with Crippen molar-refractivity contribution in [1.29, 1.82) is 0 Å². The number of hydrogen-bond acceptors (Lipinski definition) is 3. The van der Waals surface area contributed by atoms with Gasteiger partial charge < -0.3 is 10.4 Å². The van der Waals surface area contributed by atoms with Crippen molar-refractivity contribution >= 4 is 29.3 Å². The monoisotopic (exact) mass is 309 g/mol. The number of rotatable bonds is 4. The summed E-state index contributed by atoms with van der Waals surface area (Å²) in [6, 6.07) is 5.00. The molecular formula is C15H16ClNO2S. The summed E-state index contributed by atoms with van der Waals surface area (Å²) in [5.41, 5.74) is 1.14. The SMILES string of the molecule is CSC1(CNC(=O)c2ccc(C#CCO)c(Cl)c2)CC1. The van der Waals surface area contributed by atoms with Crippen molar-refractivity contribution < 1.29 is 9.90 Å². The Labute approximate surface area is 128 Å². The van der Waals surface area contributed by atoms with Crippen molar-refractivity contribution in [3.05, 3.63) is 34.3 Å². The number of benzene rings is 1. The molecule has 1 saturated carbocycles. The van der Waals surface area contributed by atoms with E-state index in [1.165, 1.54) is 0 Å². The minimum atomic E-state index is -0.213. The van der Waals surface area contributed by atoms with Gasteiger partial charge in [-0.15, -0.1) is 0 Å². The Hall–Kier alpha value is -1.15. The van der Waals surface area contributed by atoms with Crippen LogP contribution in [0.5, 0.6) is 0 Å². The van der Waals surface area contributed by atoms with Gasteiger partial charge in [-0.1, -0.05) is 23.4 Å². The molecule has 20 heavy (non-hydrogen) atoms. The first-order valence-electron chi connectivity index (χ1n) is 6.33. The first-order chi connectivity index (χ1) is 9.60. The van der Waals surface area contributed by atoms with E-state index in [1.807, 2.05) is 11.8 Å². The van der Waals surface area contributed by atoms with Gasteiger partial charge in [-0.3, -0.25) is 4.79 Å². The van der Waals surface area contributed by atoms with Crippen molar-refractivity contribution in [1.82, 2.24) is 5.32 Å². The summed E-state index contributed by atoms with van der Waals surface area (Å²) < 4.78 is 0.242. The van der Waals surface area contributed by atoms with E-state index in [-0.39, 0.29) is 17.3 Å². The van der Waals surface area contributed by atoms with Gasteiger partial charge in [0.25, 0.3) is 5.91 Å². The maximum atomic E-state index is 12.1. The third-order valence-electron chi connectivity index (χ3n) is 3.35. The molecule has 2 rings (SSSR count). The molecule has 5 heteroatoms. The molecule has 0 atom stereocenters. The van der Waals surface area contributed by atoms with E-state index in [1.54, 1.807) is 18.2 Å². The quantitative estimate of drug-likeness (QED) is 0.839. The fourth-order valence-corrected chi connectivity index (χ4v) is 2.78. The average Bonchev–Trinajstić information content (AvgIpc) is 3.24. The van der Waals surface area contributed by atoms with Crippen LogP contribution < -0.4 is 5.32 Å². The zero-order valence-corrected chi connectivity index (χ0v) is 12.8. The number of carbonyl (C=O) groups excluding carboxylic acids is 1. The molecule has 1 fully saturated rings. The predicted molar refractivity (Wildman–Crippen MR) is 83.2 cm³/mol. The van der Waals surface area contributed by atoms with Crippen molar-refractivity contribution in [2.45, 2.75) is 17.6 Å². The van der Waals surface area contributed by atoms with Gasteiger partial charge in [0, 0.05) is 22.4 Å². The Kier molecular flexibility index (Phi) is 4.98. The summed E-state index contributed by atoms with van der Waals surface area (Å²) in [6.45, 7) is 0.478. The van der Waals surface area contributed by atoms with E-state index in [9.17, 15) is 4.79 Å². The Morgan fingerprint density at radius 2 is 2.30 bits per heavy atom. The molecule has 0 aliphatic heterocycles. The van der Waals surface area contributed by atoms with Gasteiger partial charge >= 0.3 is 0 Å². The molecule has 0 unspecified atom stereocenters. The normalized spacial score (nSPS) is 15.2. The van der Waals surface area contributed by atoms with Crippen LogP contribution >= 0.6 is 23.4 Å². The number of thioether (sulfide) groups is 1. The molecule has 0 bridgehead atoms. The average molecular weight is 310 g/mol. The largest absolute Gasteiger partial charge is 0.384 e. The molecule has 3 nitrogen and oxygen atoms in total. The molecule has 1 aromatic carbocycles. The number of aliphatic hydroxyl groups excluding tert-OH is 1. The lowest BCUT2D eigenvalue weighted by molar-refractivity contribution is 0.0953. The molecular weight excluding hydrogens is 294 g/mol. The van der Waals surface area contributed by atoms with Crippen molar-refractivity contribution in [2.24, 2.45) is 0 Å². The summed E-state index contributed by atoms with van der Waals surface area (Å²) in [5, 5.41) is 12.0.